The molecule has 96 valence electrons. The number of hydrogen-bond acceptors (Lipinski definition) is 2. The van der Waals surface area contributed by atoms with Gasteiger partial charge in [0.15, 0.2) is 6.04 Å². The van der Waals surface area contributed by atoms with Gasteiger partial charge < -0.3 is 15.7 Å². The minimum absolute atomic E-state index is 0.427. The zero-order chi connectivity index (χ0) is 13.4. The van der Waals surface area contributed by atoms with Gasteiger partial charge in [-0.25, -0.2) is 9.59 Å². The summed E-state index contributed by atoms with van der Waals surface area (Å²) >= 11 is 0. The molecule has 0 aliphatic heterocycles. The Morgan fingerprint density at radius 2 is 2.00 bits per heavy atom. The van der Waals surface area contributed by atoms with Crippen molar-refractivity contribution in [1.82, 2.24) is 10.6 Å². The quantitative estimate of drug-likeness (QED) is 0.529. The van der Waals surface area contributed by atoms with Crippen LogP contribution in [-0.4, -0.2) is 23.7 Å². The number of nitrogens with one attached hydrogen (secondary N) is 2. The molecular weight excluding hydrogens is 232 g/mol. The molecular formula is C13H16N2O3. The van der Waals surface area contributed by atoms with Crippen molar-refractivity contribution in [3.05, 3.63) is 48.6 Å². The van der Waals surface area contributed by atoms with Crippen molar-refractivity contribution in [1.29, 1.82) is 0 Å². The van der Waals surface area contributed by atoms with Crippen molar-refractivity contribution >= 4 is 12.0 Å². The van der Waals surface area contributed by atoms with Crippen LogP contribution in [0.2, 0.25) is 0 Å². The Balaban J connectivity index is 2.62. The normalized spacial score (nSPS) is 11.3. The smallest absolute Gasteiger partial charge is 0.330 e. The molecule has 3 N–H and O–H groups in total. The predicted molar refractivity (Wildman–Crippen MR) is 68.2 cm³/mol. The molecule has 2 amide bonds. The Bertz CT molecular complexity index is 418. The maximum Gasteiger partial charge on any atom is 0.330 e. The molecule has 0 heterocycles. The number of amides is 2. The molecule has 5 nitrogen and oxygen atoms in total. The van der Waals surface area contributed by atoms with Gasteiger partial charge in [0.1, 0.15) is 0 Å². The van der Waals surface area contributed by atoms with E-state index < -0.39 is 18.0 Å². The van der Waals surface area contributed by atoms with Crippen LogP contribution in [0.5, 0.6) is 0 Å². The van der Waals surface area contributed by atoms with Crippen LogP contribution in [0.15, 0.2) is 43.0 Å². The molecule has 0 aliphatic rings. The second kappa shape index (κ2) is 7.11. The average molecular weight is 248 g/mol. The van der Waals surface area contributed by atoms with Gasteiger partial charge >= 0.3 is 12.0 Å². The Labute approximate surface area is 106 Å². The van der Waals surface area contributed by atoms with Crippen LogP contribution in [0.25, 0.3) is 0 Å². The first kappa shape index (κ1) is 13.8. The molecule has 1 rings (SSSR count). The number of carboxylic acids is 1. The van der Waals surface area contributed by atoms with Crippen molar-refractivity contribution in [3.63, 3.8) is 0 Å². The van der Waals surface area contributed by atoms with Gasteiger partial charge in [0.05, 0.1) is 0 Å². The second-order valence-electron chi connectivity index (χ2n) is 3.66. The van der Waals surface area contributed by atoms with E-state index in [9.17, 15) is 9.59 Å². The van der Waals surface area contributed by atoms with E-state index in [0.29, 0.717) is 18.5 Å². The highest BCUT2D eigenvalue weighted by Crippen LogP contribution is 2.12. The SMILES string of the molecule is C=CCCNC(=O)N[C@@H](C(=O)O)c1ccccc1. The Hall–Kier alpha value is -2.30. The van der Waals surface area contributed by atoms with Crippen LogP contribution in [-0.2, 0) is 4.79 Å². The Morgan fingerprint density at radius 1 is 1.33 bits per heavy atom. The standard InChI is InChI=1S/C13H16N2O3/c1-2-3-9-14-13(18)15-11(12(16)17)10-7-5-4-6-8-10/h2,4-8,11H,1,3,9H2,(H,16,17)(H2,14,15,18)/t11-/m1/s1. The first-order valence-corrected chi connectivity index (χ1v) is 5.58. The molecule has 0 spiro atoms. The number of urea groups is 1. The van der Waals surface area contributed by atoms with Crippen molar-refractivity contribution in [2.24, 2.45) is 0 Å². The van der Waals surface area contributed by atoms with E-state index in [1.165, 1.54) is 0 Å². The lowest BCUT2D eigenvalue weighted by atomic mass is 10.1. The zero-order valence-corrected chi connectivity index (χ0v) is 9.93. The Kier molecular flexibility index (Phi) is 5.44. The van der Waals surface area contributed by atoms with E-state index in [1.54, 1.807) is 36.4 Å². The maximum absolute atomic E-state index is 11.5. The molecule has 18 heavy (non-hydrogen) atoms. The first-order valence-electron chi connectivity index (χ1n) is 5.58. The summed E-state index contributed by atoms with van der Waals surface area (Å²) < 4.78 is 0. The second-order valence-corrected chi connectivity index (χ2v) is 3.66. The highest BCUT2D eigenvalue weighted by molar-refractivity contribution is 5.83. The number of aliphatic carboxylic acids is 1. The number of rotatable bonds is 6. The fraction of sp³-hybridized carbons (Fsp3) is 0.231. The summed E-state index contributed by atoms with van der Waals surface area (Å²) in [6.07, 6.45) is 2.31. The van der Waals surface area contributed by atoms with Gasteiger partial charge in [0.25, 0.3) is 0 Å². The summed E-state index contributed by atoms with van der Waals surface area (Å²) in [7, 11) is 0. The van der Waals surface area contributed by atoms with Gasteiger partial charge in [-0.15, -0.1) is 6.58 Å². The molecule has 0 aliphatic carbocycles. The number of carboxylic acid groups (broad SMARTS) is 1. The van der Waals surface area contributed by atoms with Gasteiger partial charge in [-0.05, 0) is 12.0 Å². The summed E-state index contributed by atoms with van der Waals surface area (Å²) in [5.41, 5.74) is 0.531. The molecule has 0 aromatic heterocycles. The molecule has 0 fully saturated rings. The van der Waals surface area contributed by atoms with Gasteiger partial charge in [0.2, 0.25) is 0 Å². The number of carbonyl (C=O) groups excluding carboxylic acids is 1. The highest BCUT2D eigenvalue weighted by atomic mass is 16.4. The fourth-order valence-corrected chi connectivity index (χ4v) is 1.40. The third-order valence-electron chi connectivity index (χ3n) is 2.29. The molecule has 1 aromatic rings. The molecule has 0 saturated heterocycles. The lowest BCUT2D eigenvalue weighted by Crippen LogP contribution is -2.41. The van der Waals surface area contributed by atoms with E-state index in [0.717, 1.165) is 0 Å². The Morgan fingerprint density at radius 3 is 2.56 bits per heavy atom. The van der Waals surface area contributed by atoms with Crippen molar-refractivity contribution in [3.8, 4) is 0 Å². The largest absolute Gasteiger partial charge is 0.479 e. The number of carbonyl (C=O) groups is 2. The lowest BCUT2D eigenvalue weighted by Gasteiger charge is -2.15. The predicted octanol–water partition coefficient (Wildman–Crippen LogP) is 1.69. The van der Waals surface area contributed by atoms with Crippen molar-refractivity contribution < 1.29 is 14.7 Å². The maximum atomic E-state index is 11.5. The van der Waals surface area contributed by atoms with Crippen LogP contribution < -0.4 is 10.6 Å². The molecule has 0 radical (unpaired) electrons. The highest BCUT2D eigenvalue weighted by Gasteiger charge is 2.21. The van der Waals surface area contributed by atoms with Gasteiger partial charge in [-0.2, -0.15) is 0 Å². The van der Waals surface area contributed by atoms with Crippen LogP contribution >= 0.6 is 0 Å². The monoisotopic (exact) mass is 248 g/mol. The van der Waals surface area contributed by atoms with Gasteiger partial charge in [-0.1, -0.05) is 36.4 Å². The van der Waals surface area contributed by atoms with E-state index >= 15 is 0 Å². The third-order valence-corrected chi connectivity index (χ3v) is 2.29. The van der Waals surface area contributed by atoms with Crippen LogP contribution in [0.1, 0.15) is 18.0 Å². The lowest BCUT2D eigenvalue weighted by molar-refractivity contribution is -0.139. The molecule has 0 saturated carbocycles. The van der Waals surface area contributed by atoms with E-state index in [-0.39, 0.29) is 0 Å². The van der Waals surface area contributed by atoms with Crippen LogP contribution in [0, 0.1) is 0 Å². The van der Waals surface area contributed by atoms with E-state index in [2.05, 4.69) is 17.2 Å². The van der Waals surface area contributed by atoms with Crippen LogP contribution in [0.3, 0.4) is 0 Å². The molecule has 5 heteroatoms. The topological polar surface area (TPSA) is 78.4 Å². The minimum atomic E-state index is -1.10. The molecule has 0 bridgehead atoms. The minimum Gasteiger partial charge on any atom is -0.479 e. The summed E-state index contributed by atoms with van der Waals surface area (Å²) in [4.78, 5) is 22.6. The summed E-state index contributed by atoms with van der Waals surface area (Å²) in [6, 6.07) is 6.99. The fourth-order valence-electron chi connectivity index (χ4n) is 1.40. The molecule has 1 aromatic carbocycles. The summed E-state index contributed by atoms with van der Waals surface area (Å²) in [5.74, 6) is -1.10. The van der Waals surface area contributed by atoms with E-state index in [4.69, 9.17) is 5.11 Å². The van der Waals surface area contributed by atoms with Crippen LogP contribution in [0.4, 0.5) is 4.79 Å². The zero-order valence-electron chi connectivity index (χ0n) is 9.93. The first-order chi connectivity index (χ1) is 8.65. The number of hydrogen-bond donors (Lipinski definition) is 3. The molecule has 0 unspecified atom stereocenters. The summed E-state index contributed by atoms with van der Waals surface area (Å²) in [6.45, 7) is 3.96. The van der Waals surface area contributed by atoms with Gasteiger partial charge in [0, 0.05) is 6.54 Å². The number of benzene rings is 1. The summed E-state index contributed by atoms with van der Waals surface area (Å²) in [5, 5.41) is 14.1. The third kappa shape index (κ3) is 4.29. The average Bonchev–Trinajstić information content (AvgIpc) is 2.37. The van der Waals surface area contributed by atoms with Crippen molar-refractivity contribution in [2.45, 2.75) is 12.5 Å². The van der Waals surface area contributed by atoms with Crippen molar-refractivity contribution in [2.75, 3.05) is 6.54 Å². The molecule has 1 atom stereocenters. The van der Waals surface area contributed by atoms with E-state index in [1.807, 2.05) is 0 Å². The van der Waals surface area contributed by atoms with Gasteiger partial charge in [-0.3, -0.25) is 0 Å².